The summed E-state index contributed by atoms with van der Waals surface area (Å²) in [6.45, 7) is 0. The summed E-state index contributed by atoms with van der Waals surface area (Å²) in [6, 6.07) is 0. The van der Waals surface area contributed by atoms with Gasteiger partial charge in [0.25, 0.3) is 0 Å². The molecule has 5 nitrogen and oxygen atoms in total. The molecule has 0 rings (SSSR count). The van der Waals surface area contributed by atoms with Crippen LogP contribution in [-0.2, 0) is 4.79 Å². The Kier molecular flexibility index (Phi) is 1.73. The van der Waals surface area contributed by atoms with Gasteiger partial charge in [-0.25, -0.2) is 4.79 Å². The fraction of sp³-hybridized carbons (Fsp3) is 0. The van der Waals surface area contributed by atoms with Crippen LogP contribution in [0.1, 0.15) is 0 Å². The van der Waals surface area contributed by atoms with Gasteiger partial charge in [0.05, 0.1) is 0 Å². The number of carbonyl (C=O) groups is 1. The van der Waals surface area contributed by atoms with E-state index in [1.54, 1.807) is 0 Å². The van der Waals surface area contributed by atoms with Gasteiger partial charge in [0, 0.05) is 4.86 Å². The van der Waals surface area contributed by atoms with Crippen LogP contribution in [0.3, 0.4) is 0 Å². The fourth-order valence-electron chi connectivity index (χ4n) is 0.0211. The molecule has 0 saturated carbocycles. The molecule has 0 spiro atoms. The maximum atomic E-state index is 9.31. The quantitative estimate of drug-likeness (QED) is 0.204. The Bertz CT molecular complexity index is 76.9. The van der Waals surface area contributed by atoms with Gasteiger partial charge >= 0.3 is 6.41 Å². The van der Waals surface area contributed by atoms with Gasteiger partial charge in [0.15, 0.2) is 0 Å². The molecule has 0 unspecified atom stereocenters. The first-order valence-electron chi connectivity index (χ1n) is 1.08. The Hall–Kier alpha value is -1.13. The molecule has 0 atom stereocenters. The van der Waals surface area contributed by atoms with E-state index < -0.39 is 4.86 Å². The third kappa shape index (κ3) is 1.22. The molecule has 0 aliphatic carbocycles. The van der Waals surface area contributed by atoms with E-state index in [9.17, 15) is 5.21 Å². The summed E-state index contributed by atoms with van der Waals surface area (Å²) in [6.07, 6.45) is -0.167. The van der Waals surface area contributed by atoms with E-state index in [0.29, 0.717) is 0 Å². The third-order valence-corrected chi connectivity index (χ3v) is 0.178. The van der Waals surface area contributed by atoms with E-state index in [4.69, 9.17) is 10.0 Å². The lowest BCUT2D eigenvalue weighted by molar-refractivity contribution is -0.464. The van der Waals surface area contributed by atoms with Gasteiger partial charge in [-0.05, 0) is 0 Å². The largest absolute Gasteiger partial charge is 0.590 e. The van der Waals surface area contributed by atoms with E-state index in [1.165, 1.54) is 0 Å². The molecule has 0 heterocycles. The molecule has 0 fully saturated rings. The minimum Gasteiger partial charge on any atom is -0.590 e. The lowest BCUT2D eigenvalue weighted by atomic mass is 11.4. The van der Waals surface area contributed by atoms with Gasteiger partial charge < -0.3 is 10.4 Å². The summed E-state index contributed by atoms with van der Waals surface area (Å²) < 4.78 is 0. The minimum absolute atomic E-state index is 0.167. The second-order valence-electron chi connectivity index (χ2n) is 0.497. The average molecular weight is 90.0 g/mol. The molecule has 1 amide bonds. The van der Waals surface area contributed by atoms with Crippen molar-refractivity contribution in [3.05, 3.63) is 5.21 Å². The molecule has 0 radical (unpaired) electrons. The summed E-state index contributed by atoms with van der Waals surface area (Å²) in [5.74, 6) is 0. The monoisotopic (exact) mass is 90.0 g/mol. The highest BCUT2D eigenvalue weighted by Gasteiger charge is 1.79. The van der Waals surface area contributed by atoms with Crippen molar-refractivity contribution >= 4 is 6.41 Å². The Morgan fingerprint density at radius 1 is 2.00 bits per heavy atom. The maximum Gasteiger partial charge on any atom is 0.414 e. The summed E-state index contributed by atoms with van der Waals surface area (Å²) in [7, 11) is 0. The zero-order valence-electron chi connectivity index (χ0n) is 2.74. The molecule has 0 aliphatic rings. The Balaban J connectivity index is 3.50. The Morgan fingerprint density at radius 3 is 2.50 bits per heavy atom. The van der Waals surface area contributed by atoms with Crippen LogP contribution >= 0.6 is 0 Å². The van der Waals surface area contributed by atoms with Crippen molar-refractivity contribution in [2.45, 2.75) is 0 Å². The zero-order valence-corrected chi connectivity index (χ0v) is 2.74. The van der Waals surface area contributed by atoms with Crippen LogP contribution in [0.15, 0.2) is 5.28 Å². The van der Waals surface area contributed by atoms with E-state index in [-0.39, 0.29) is 6.41 Å². The van der Waals surface area contributed by atoms with Crippen molar-refractivity contribution in [3.8, 4) is 0 Å². The zero-order chi connectivity index (χ0) is 4.99. The lowest BCUT2D eigenvalue weighted by Gasteiger charge is -1.77. The molecule has 0 aromatic heterocycles. The van der Waals surface area contributed by atoms with Crippen LogP contribution in [0.25, 0.3) is 0 Å². The standard InChI is InChI=1S/CH2N2O3/c4-1-3(6)2-5/h1,5H/b3-2-. The predicted octanol–water partition coefficient (Wildman–Crippen LogP) is -0.506. The first-order valence-corrected chi connectivity index (χ1v) is 1.08. The molecule has 0 aliphatic heterocycles. The molecule has 6 heavy (non-hydrogen) atoms. The van der Waals surface area contributed by atoms with Gasteiger partial charge in [0.1, 0.15) is 0 Å². The number of hydrogen-bond donors (Lipinski definition) is 1. The van der Waals surface area contributed by atoms with Gasteiger partial charge in [-0.1, -0.05) is 0 Å². The smallest absolute Gasteiger partial charge is 0.414 e. The van der Waals surface area contributed by atoms with Crippen LogP contribution in [0.4, 0.5) is 0 Å². The molecule has 0 aromatic rings. The molecule has 34 valence electrons. The normalized spacial score (nSPS) is 11.0. The van der Waals surface area contributed by atoms with Crippen LogP contribution in [0, 0.1) is 5.21 Å². The van der Waals surface area contributed by atoms with Crippen molar-refractivity contribution in [1.82, 2.24) is 0 Å². The van der Waals surface area contributed by atoms with Crippen LogP contribution < -0.4 is 0 Å². The topological polar surface area (TPSA) is 75.7 Å². The molecular weight excluding hydrogens is 88.0 g/mol. The minimum atomic E-state index is -0.500. The van der Waals surface area contributed by atoms with Crippen molar-refractivity contribution < 1.29 is 14.9 Å². The molecule has 5 heteroatoms. The second-order valence-corrected chi connectivity index (χ2v) is 0.497. The fourth-order valence-corrected chi connectivity index (χ4v) is 0.0211. The van der Waals surface area contributed by atoms with Crippen molar-refractivity contribution in [2.75, 3.05) is 0 Å². The highest BCUT2D eigenvalue weighted by atomic mass is 16.6. The first kappa shape index (κ1) is 4.87. The summed E-state index contributed by atoms with van der Waals surface area (Å²) in [5, 5.41) is 18.6. The Morgan fingerprint density at radius 2 is 2.50 bits per heavy atom. The molecule has 0 saturated heterocycles. The van der Waals surface area contributed by atoms with Gasteiger partial charge in [0.2, 0.25) is 5.28 Å². The predicted molar refractivity (Wildman–Crippen MR) is 13.9 cm³/mol. The molecule has 1 N–H and O–H groups in total. The number of amides is 1. The summed E-state index contributed by atoms with van der Waals surface area (Å²) >= 11 is 0. The van der Waals surface area contributed by atoms with Gasteiger partial charge in [-0.2, -0.15) is 0 Å². The number of nitrogens with zero attached hydrogens (tertiary/aromatic N) is 2. The van der Waals surface area contributed by atoms with Crippen LogP contribution in [0.2, 0.25) is 0 Å². The molecule has 0 bridgehead atoms. The SMILES string of the molecule is O=C/[N+]([O-])=N/O. The maximum absolute atomic E-state index is 9.31. The van der Waals surface area contributed by atoms with E-state index in [0.717, 1.165) is 0 Å². The highest BCUT2D eigenvalue weighted by Crippen LogP contribution is 1.56. The van der Waals surface area contributed by atoms with E-state index in [2.05, 4.69) is 0 Å². The summed E-state index contributed by atoms with van der Waals surface area (Å²) in [5.41, 5.74) is 0. The second kappa shape index (κ2) is 2.13. The first-order chi connectivity index (χ1) is 2.81. The van der Waals surface area contributed by atoms with Crippen molar-refractivity contribution in [2.24, 2.45) is 5.28 Å². The Labute approximate surface area is 33.1 Å². The number of rotatable bonds is 1. The molecular formula is CH2N2O3. The number of hydroxylamine groups is 1. The average Bonchev–Trinajstić information content (AvgIpc) is 1.65. The molecule has 0 aromatic carbocycles. The highest BCUT2D eigenvalue weighted by molar-refractivity contribution is 5.33. The number of carbonyl (C=O) groups excluding carboxylic acids is 1. The lowest BCUT2D eigenvalue weighted by Crippen LogP contribution is -1.92. The van der Waals surface area contributed by atoms with Crippen LogP contribution in [0.5, 0.6) is 0 Å². The van der Waals surface area contributed by atoms with Crippen LogP contribution in [-0.4, -0.2) is 16.5 Å². The van der Waals surface area contributed by atoms with Gasteiger partial charge in [-0.15, -0.1) is 0 Å². The van der Waals surface area contributed by atoms with Crippen molar-refractivity contribution in [1.29, 1.82) is 0 Å². The summed E-state index contributed by atoms with van der Waals surface area (Å²) in [4.78, 5) is 8.60. The van der Waals surface area contributed by atoms with Crippen molar-refractivity contribution in [3.63, 3.8) is 0 Å². The third-order valence-electron chi connectivity index (χ3n) is 0.178. The number of hydrogen-bond acceptors (Lipinski definition) is 3. The van der Waals surface area contributed by atoms with Gasteiger partial charge in [-0.3, -0.25) is 0 Å². The van der Waals surface area contributed by atoms with E-state index in [1.807, 2.05) is 5.28 Å². The van der Waals surface area contributed by atoms with E-state index >= 15 is 0 Å².